The van der Waals surface area contributed by atoms with Crippen LogP contribution in [0, 0.1) is 0 Å². The molecule has 3 aromatic carbocycles. The average molecular weight is 461 g/mol. The Morgan fingerprint density at radius 3 is 2.12 bits per heavy atom. The third-order valence-corrected chi connectivity index (χ3v) is 6.01. The van der Waals surface area contributed by atoms with E-state index in [9.17, 15) is 5.11 Å². The van der Waals surface area contributed by atoms with Gasteiger partial charge in [0.05, 0.1) is 14.2 Å². The lowest BCUT2D eigenvalue weighted by molar-refractivity contribution is 0.107. The summed E-state index contributed by atoms with van der Waals surface area (Å²) >= 11 is 0. The van der Waals surface area contributed by atoms with E-state index in [0.29, 0.717) is 6.54 Å². The first-order valence-electron chi connectivity index (χ1n) is 11.5. The maximum Gasteiger partial charge on any atom is 0.128 e. The van der Waals surface area contributed by atoms with Crippen LogP contribution >= 0.6 is 0 Å². The van der Waals surface area contributed by atoms with E-state index in [2.05, 4.69) is 34.6 Å². The lowest BCUT2D eigenvalue weighted by Gasteiger charge is -2.20. The Labute approximate surface area is 200 Å². The quantitative estimate of drug-likeness (QED) is 0.266. The molecule has 34 heavy (non-hydrogen) atoms. The lowest BCUT2D eigenvalue weighted by Crippen LogP contribution is -2.32. The molecule has 4 aromatic rings. The van der Waals surface area contributed by atoms with Gasteiger partial charge in [-0.3, -0.25) is 0 Å². The predicted octanol–water partition coefficient (Wildman–Crippen LogP) is 4.74. The highest BCUT2D eigenvalue weighted by Crippen LogP contribution is 2.30. The van der Waals surface area contributed by atoms with Crippen molar-refractivity contribution in [3.63, 3.8) is 0 Å². The van der Waals surface area contributed by atoms with Crippen LogP contribution in [0.25, 0.3) is 10.9 Å². The Hall–Kier alpha value is -3.48. The molecule has 0 aliphatic carbocycles. The van der Waals surface area contributed by atoms with E-state index in [0.717, 1.165) is 41.1 Å². The minimum absolute atomic E-state index is 0.212. The topological polar surface area (TPSA) is 75.7 Å². The van der Waals surface area contributed by atoms with Crippen molar-refractivity contribution in [1.82, 2.24) is 10.3 Å². The van der Waals surface area contributed by atoms with Crippen LogP contribution in [-0.2, 0) is 0 Å². The molecule has 1 aromatic heterocycles. The number of aromatic amines is 1. The van der Waals surface area contributed by atoms with Gasteiger partial charge in [0.25, 0.3) is 0 Å². The van der Waals surface area contributed by atoms with Crippen molar-refractivity contribution in [2.24, 2.45) is 0 Å². The second-order valence-corrected chi connectivity index (χ2v) is 8.25. The summed E-state index contributed by atoms with van der Waals surface area (Å²) in [5.41, 5.74) is 3.46. The van der Waals surface area contributed by atoms with Crippen LogP contribution in [0.15, 0.2) is 79.0 Å². The second kappa shape index (κ2) is 11.6. The Morgan fingerprint density at radius 1 is 0.853 bits per heavy atom. The third kappa shape index (κ3) is 5.90. The minimum Gasteiger partial charge on any atom is -0.497 e. The number of ether oxygens (including phenoxy) is 3. The van der Waals surface area contributed by atoms with Gasteiger partial charge in [-0.2, -0.15) is 0 Å². The number of hydrogen-bond donors (Lipinski definition) is 3. The Kier molecular flexibility index (Phi) is 8.07. The molecule has 0 saturated heterocycles. The highest BCUT2D eigenvalue weighted by atomic mass is 16.5. The second-order valence-electron chi connectivity index (χ2n) is 8.25. The Balaban J connectivity index is 1.32. The molecule has 0 bridgehead atoms. The maximum atomic E-state index is 10.4. The van der Waals surface area contributed by atoms with Gasteiger partial charge >= 0.3 is 0 Å². The molecule has 0 amide bonds. The lowest BCUT2D eigenvalue weighted by atomic mass is 9.88. The first-order valence-corrected chi connectivity index (χ1v) is 11.5. The van der Waals surface area contributed by atoms with Crippen LogP contribution in [0.1, 0.15) is 23.5 Å². The Bertz CT molecular complexity index is 1110. The maximum absolute atomic E-state index is 10.4. The molecule has 4 rings (SSSR count). The van der Waals surface area contributed by atoms with E-state index in [4.69, 9.17) is 14.2 Å². The van der Waals surface area contributed by atoms with Crippen LogP contribution in [-0.4, -0.2) is 50.1 Å². The fourth-order valence-corrected chi connectivity index (χ4v) is 4.14. The van der Waals surface area contributed by atoms with Crippen LogP contribution in [0.4, 0.5) is 0 Å². The van der Waals surface area contributed by atoms with Crippen LogP contribution in [0.5, 0.6) is 17.2 Å². The number of benzene rings is 3. The highest BCUT2D eigenvalue weighted by Gasteiger charge is 2.15. The number of aliphatic hydroxyl groups excluding tert-OH is 1. The standard InChI is InChI=1S/C28H32N2O4/c1-32-23-10-6-20(7-11-23)25(21-8-12-24(33-2)13-9-21)14-16-29-18-22(31)19-34-28-5-3-4-27-26(28)15-17-30-27/h3-13,15,17,22,25,29-31H,14,16,18-19H2,1-2H3. The van der Waals surface area contributed by atoms with Crippen molar-refractivity contribution in [3.8, 4) is 17.2 Å². The van der Waals surface area contributed by atoms with Crippen molar-refractivity contribution < 1.29 is 19.3 Å². The van der Waals surface area contributed by atoms with Gasteiger partial charge < -0.3 is 29.6 Å². The number of rotatable bonds is 12. The zero-order valence-corrected chi connectivity index (χ0v) is 19.7. The summed E-state index contributed by atoms with van der Waals surface area (Å²) in [6.07, 6.45) is 2.17. The minimum atomic E-state index is -0.602. The van der Waals surface area contributed by atoms with E-state index in [1.165, 1.54) is 11.1 Å². The molecule has 0 fully saturated rings. The number of methoxy groups -OCH3 is 2. The number of aromatic nitrogens is 1. The largest absolute Gasteiger partial charge is 0.497 e. The molecule has 3 N–H and O–H groups in total. The number of H-pyrrole nitrogens is 1. The summed E-state index contributed by atoms with van der Waals surface area (Å²) < 4.78 is 16.5. The van der Waals surface area contributed by atoms with E-state index >= 15 is 0 Å². The predicted molar refractivity (Wildman–Crippen MR) is 135 cm³/mol. The van der Waals surface area contributed by atoms with Crippen LogP contribution < -0.4 is 19.5 Å². The molecule has 0 saturated carbocycles. The fraction of sp³-hybridized carbons (Fsp3) is 0.286. The zero-order valence-electron chi connectivity index (χ0n) is 19.7. The van der Waals surface area contributed by atoms with Gasteiger partial charge in [0.1, 0.15) is 30.0 Å². The normalized spacial score (nSPS) is 12.1. The summed E-state index contributed by atoms with van der Waals surface area (Å²) in [4.78, 5) is 3.17. The number of hydrogen-bond acceptors (Lipinski definition) is 5. The van der Waals surface area contributed by atoms with Gasteiger partial charge in [0.2, 0.25) is 0 Å². The van der Waals surface area contributed by atoms with Crippen molar-refractivity contribution in [1.29, 1.82) is 0 Å². The zero-order chi connectivity index (χ0) is 23.8. The SMILES string of the molecule is COc1ccc(C(CCNCC(O)COc2cccc3[nH]ccc23)c2ccc(OC)cc2)cc1. The molecule has 1 unspecified atom stereocenters. The monoisotopic (exact) mass is 460 g/mol. The first-order chi connectivity index (χ1) is 16.7. The molecule has 0 aliphatic rings. The van der Waals surface area contributed by atoms with E-state index < -0.39 is 6.10 Å². The third-order valence-electron chi connectivity index (χ3n) is 6.01. The molecule has 1 atom stereocenters. The molecule has 0 spiro atoms. The molecule has 6 heteroatoms. The molecular weight excluding hydrogens is 428 g/mol. The number of nitrogens with one attached hydrogen (secondary N) is 2. The fourth-order valence-electron chi connectivity index (χ4n) is 4.14. The molecule has 6 nitrogen and oxygen atoms in total. The van der Waals surface area contributed by atoms with Crippen LogP contribution in [0.2, 0.25) is 0 Å². The summed E-state index contributed by atoms with van der Waals surface area (Å²) in [5, 5.41) is 14.8. The summed E-state index contributed by atoms with van der Waals surface area (Å²) in [6.45, 7) is 1.45. The highest BCUT2D eigenvalue weighted by molar-refractivity contribution is 5.85. The van der Waals surface area contributed by atoms with Crippen molar-refractivity contribution in [2.45, 2.75) is 18.4 Å². The van der Waals surface area contributed by atoms with Gasteiger partial charge in [-0.25, -0.2) is 0 Å². The number of aliphatic hydroxyl groups is 1. The molecule has 0 radical (unpaired) electrons. The number of fused-ring (bicyclic) bond motifs is 1. The molecule has 178 valence electrons. The molecule has 1 heterocycles. The first kappa shape index (κ1) is 23.7. The van der Waals surface area contributed by atoms with Crippen molar-refractivity contribution >= 4 is 10.9 Å². The average Bonchev–Trinajstić information content (AvgIpc) is 3.37. The van der Waals surface area contributed by atoms with Gasteiger partial charge in [-0.1, -0.05) is 30.3 Å². The smallest absolute Gasteiger partial charge is 0.128 e. The summed E-state index contributed by atoms with van der Waals surface area (Å²) in [6, 6.07) is 24.2. The van der Waals surface area contributed by atoms with Gasteiger partial charge in [-0.15, -0.1) is 0 Å². The van der Waals surface area contributed by atoms with Gasteiger partial charge in [0, 0.05) is 29.6 Å². The summed E-state index contributed by atoms with van der Waals surface area (Å²) in [5.74, 6) is 2.67. The van der Waals surface area contributed by atoms with E-state index in [-0.39, 0.29) is 12.5 Å². The molecular formula is C28H32N2O4. The van der Waals surface area contributed by atoms with Crippen LogP contribution in [0.3, 0.4) is 0 Å². The van der Waals surface area contributed by atoms with Crippen molar-refractivity contribution in [2.75, 3.05) is 33.9 Å². The van der Waals surface area contributed by atoms with Gasteiger partial charge in [-0.05, 0) is 66.6 Å². The summed E-state index contributed by atoms with van der Waals surface area (Å²) in [7, 11) is 3.35. The van der Waals surface area contributed by atoms with Gasteiger partial charge in [0.15, 0.2) is 0 Å². The van der Waals surface area contributed by atoms with E-state index in [1.54, 1.807) is 14.2 Å². The van der Waals surface area contributed by atoms with Crippen molar-refractivity contribution in [3.05, 3.63) is 90.1 Å². The Morgan fingerprint density at radius 2 is 1.50 bits per heavy atom. The van der Waals surface area contributed by atoms with E-state index in [1.807, 2.05) is 54.7 Å². The molecule has 0 aliphatic heterocycles.